The fourth-order valence-electron chi connectivity index (χ4n) is 0.959. The van der Waals surface area contributed by atoms with Crippen molar-refractivity contribution in [2.45, 2.75) is 0 Å². The Kier molecular flexibility index (Phi) is 3.08. The minimum atomic E-state index is -0.173. The summed E-state index contributed by atoms with van der Waals surface area (Å²) in [6, 6.07) is 1.76. The summed E-state index contributed by atoms with van der Waals surface area (Å²) in [5.74, 6) is 0.266. The van der Waals surface area contributed by atoms with Gasteiger partial charge in [-0.25, -0.2) is 9.97 Å². The molecule has 2 aromatic heterocycles. The van der Waals surface area contributed by atoms with Gasteiger partial charge in [0.1, 0.15) is 4.60 Å². The summed E-state index contributed by atoms with van der Waals surface area (Å²) in [7, 11) is 0. The van der Waals surface area contributed by atoms with E-state index in [2.05, 4.69) is 31.2 Å². The Hall–Kier alpha value is -1.27. The standard InChI is InChI=1S/C9H6BrN3OS/c10-7-3-12-8(4-11-7)13-9(14)6-1-2-15-5-6/h1-5H,(H,12,13,14). The van der Waals surface area contributed by atoms with Crippen LogP contribution in [0, 0.1) is 0 Å². The van der Waals surface area contributed by atoms with Crippen LogP contribution in [-0.4, -0.2) is 15.9 Å². The van der Waals surface area contributed by atoms with E-state index in [1.807, 2.05) is 5.38 Å². The SMILES string of the molecule is O=C(Nc1cnc(Br)cn1)c1ccsc1. The van der Waals surface area contributed by atoms with Gasteiger partial charge < -0.3 is 5.32 Å². The molecule has 6 heteroatoms. The molecule has 0 radical (unpaired) electrons. The summed E-state index contributed by atoms with van der Waals surface area (Å²) in [6.45, 7) is 0. The predicted octanol–water partition coefficient (Wildman–Crippen LogP) is 2.55. The first kappa shape index (κ1) is 10.3. The summed E-state index contributed by atoms with van der Waals surface area (Å²) in [4.78, 5) is 19.5. The zero-order valence-corrected chi connectivity index (χ0v) is 9.88. The van der Waals surface area contributed by atoms with Gasteiger partial charge in [-0.1, -0.05) is 0 Å². The zero-order valence-electron chi connectivity index (χ0n) is 7.48. The molecule has 1 N–H and O–H groups in total. The smallest absolute Gasteiger partial charge is 0.257 e. The van der Waals surface area contributed by atoms with Crippen molar-refractivity contribution in [2.75, 3.05) is 5.32 Å². The second kappa shape index (κ2) is 4.50. The monoisotopic (exact) mass is 283 g/mol. The number of rotatable bonds is 2. The number of carbonyl (C=O) groups excluding carboxylic acids is 1. The summed E-state index contributed by atoms with van der Waals surface area (Å²) in [5, 5.41) is 6.27. The molecular formula is C9H6BrN3OS. The highest BCUT2D eigenvalue weighted by Gasteiger charge is 2.06. The van der Waals surface area contributed by atoms with Crippen molar-refractivity contribution in [1.82, 2.24) is 9.97 Å². The first-order valence-electron chi connectivity index (χ1n) is 4.07. The molecule has 15 heavy (non-hydrogen) atoms. The van der Waals surface area contributed by atoms with E-state index >= 15 is 0 Å². The highest BCUT2D eigenvalue weighted by Crippen LogP contribution is 2.10. The Bertz CT molecular complexity index is 455. The van der Waals surface area contributed by atoms with Crippen LogP contribution in [0.5, 0.6) is 0 Å². The van der Waals surface area contributed by atoms with Gasteiger partial charge in [-0.3, -0.25) is 4.79 Å². The molecule has 76 valence electrons. The van der Waals surface area contributed by atoms with Gasteiger partial charge in [0.05, 0.1) is 18.0 Å². The van der Waals surface area contributed by atoms with E-state index in [1.54, 1.807) is 11.4 Å². The third-order valence-electron chi connectivity index (χ3n) is 1.65. The number of nitrogens with one attached hydrogen (secondary N) is 1. The van der Waals surface area contributed by atoms with Crippen molar-refractivity contribution in [2.24, 2.45) is 0 Å². The maximum absolute atomic E-state index is 11.6. The molecule has 2 aromatic rings. The third kappa shape index (κ3) is 2.60. The van der Waals surface area contributed by atoms with E-state index in [1.165, 1.54) is 23.7 Å². The molecule has 0 aliphatic rings. The Morgan fingerprint density at radius 2 is 2.27 bits per heavy atom. The van der Waals surface area contributed by atoms with Gasteiger partial charge in [-0.15, -0.1) is 0 Å². The third-order valence-corrected chi connectivity index (χ3v) is 2.74. The average molecular weight is 284 g/mol. The molecule has 0 aliphatic heterocycles. The lowest BCUT2D eigenvalue weighted by atomic mass is 10.3. The number of thiophene rings is 1. The number of halogens is 1. The normalized spacial score (nSPS) is 9.93. The molecule has 0 aliphatic carbocycles. The fourth-order valence-corrected chi connectivity index (χ4v) is 1.80. The summed E-state index contributed by atoms with van der Waals surface area (Å²) in [5.41, 5.74) is 0.629. The van der Waals surface area contributed by atoms with Crippen LogP contribution in [0.1, 0.15) is 10.4 Å². The van der Waals surface area contributed by atoms with Gasteiger partial charge in [-0.2, -0.15) is 11.3 Å². The lowest BCUT2D eigenvalue weighted by Gasteiger charge is -2.01. The molecule has 2 rings (SSSR count). The minimum absolute atomic E-state index is 0.173. The second-order valence-corrected chi connectivity index (χ2v) is 4.28. The molecule has 0 aromatic carbocycles. The molecule has 0 saturated carbocycles. The van der Waals surface area contributed by atoms with E-state index in [0.29, 0.717) is 16.0 Å². The topological polar surface area (TPSA) is 54.9 Å². The quantitative estimate of drug-likeness (QED) is 0.922. The van der Waals surface area contributed by atoms with E-state index in [0.717, 1.165) is 0 Å². The van der Waals surface area contributed by atoms with E-state index in [4.69, 9.17) is 0 Å². The molecule has 0 unspecified atom stereocenters. The number of hydrogen-bond acceptors (Lipinski definition) is 4. The molecule has 0 spiro atoms. The van der Waals surface area contributed by atoms with Crippen LogP contribution in [0.25, 0.3) is 0 Å². The number of aromatic nitrogens is 2. The maximum atomic E-state index is 11.6. The van der Waals surface area contributed by atoms with Crippen LogP contribution in [-0.2, 0) is 0 Å². The van der Waals surface area contributed by atoms with Crippen LogP contribution < -0.4 is 5.32 Å². The summed E-state index contributed by atoms with van der Waals surface area (Å²) in [6.07, 6.45) is 3.03. The van der Waals surface area contributed by atoms with E-state index < -0.39 is 0 Å². The first-order chi connectivity index (χ1) is 7.25. The van der Waals surface area contributed by atoms with Crippen LogP contribution in [0.3, 0.4) is 0 Å². The van der Waals surface area contributed by atoms with Crippen molar-refractivity contribution in [3.63, 3.8) is 0 Å². The van der Waals surface area contributed by atoms with Gasteiger partial charge in [0.15, 0.2) is 5.82 Å². The average Bonchev–Trinajstić information content (AvgIpc) is 2.74. The zero-order chi connectivity index (χ0) is 10.7. The van der Waals surface area contributed by atoms with Crippen LogP contribution in [0.15, 0.2) is 33.8 Å². The molecule has 0 fully saturated rings. The summed E-state index contributed by atoms with van der Waals surface area (Å²) >= 11 is 4.64. The number of anilines is 1. The van der Waals surface area contributed by atoms with Gasteiger partial charge in [0.2, 0.25) is 0 Å². The number of hydrogen-bond donors (Lipinski definition) is 1. The minimum Gasteiger partial charge on any atom is -0.305 e. The number of nitrogens with zero attached hydrogens (tertiary/aromatic N) is 2. The predicted molar refractivity (Wildman–Crippen MR) is 62.0 cm³/mol. The van der Waals surface area contributed by atoms with Crippen molar-refractivity contribution >= 4 is 39.0 Å². The Morgan fingerprint density at radius 3 is 2.87 bits per heavy atom. The second-order valence-electron chi connectivity index (χ2n) is 2.69. The van der Waals surface area contributed by atoms with E-state index in [-0.39, 0.29) is 5.91 Å². The van der Waals surface area contributed by atoms with Crippen molar-refractivity contribution < 1.29 is 4.79 Å². The lowest BCUT2D eigenvalue weighted by molar-refractivity contribution is 0.102. The summed E-state index contributed by atoms with van der Waals surface area (Å²) < 4.78 is 0.635. The Balaban J connectivity index is 2.09. The lowest BCUT2D eigenvalue weighted by Crippen LogP contribution is -2.12. The van der Waals surface area contributed by atoms with Crippen LogP contribution >= 0.6 is 27.3 Å². The Labute approximate surface area is 98.5 Å². The van der Waals surface area contributed by atoms with Crippen LogP contribution in [0.2, 0.25) is 0 Å². The molecule has 0 atom stereocenters. The molecule has 0 saturated heterocycles. The van der Waals surface area contributed by atoms with Crippen molar-refractivity contribution in [3.8, 4) is 0 Å². The van der Waals surface area contributed by atoms with Gasteiger partial charge >= 0.3 is 0 Å². The van der Waals surface area contributed by atoms with E-state index in [9.17, 15) is 4.79 Å². The molecular weight excluding hydrogens is 278 g/mol. The van der Waals surface area contributed by atoms with Crippen LogP contribution in [0.4, 0.5) is 5.82 Å². The van der Waals surface area contributed by atoms with Gasteiger partial charge in [0.25, 0.3) is 5.91 Å². The number of amides is 1. The highest BCUT2D eigenvalue weighted by molar-refractivity contribution is 9.10. The maximum Gasteiger partial charge on any atom is 0.257 e. The highest BCUT2D eigenvalue weighted by atomic mass is 79.9. The van der Waals surface area contributed by atoms with Gasteiger partial charge in [-0.05, 0) is 27.4 Å². The number of carbonyl (C=O) groups is 1. The van der Waals surface area contributed by atoms with Crippen molar-refractivity contribution in [1.29, 1.82) is 0 Å². The molecule has 2 heterocycles. The largest absolute Gasteiger partial charge is 0.305 e. The van der Waals surface area contributed by atoms with Crippen molar-refractivity contribution in [3.05, 3.63) is 39.4 Å². The molecule has 4 nitrogen and oxygen atoms in total. The fraction of sp³-hybridized carbons (Fsp3) is 0. The Morgan fingerprint density at radius 1 is 1.40 bits per heavy atom. The first-order valence-corrected chi connectivity index (χ1v) is 5.80. The molecule has 1 amide bonds. The molecule has 0 bridgehead atoms. The van der Waals surface area contributed by atoms with Gasteiger partial charge in [0, 0.05) is 5.38 Å².